The summed E-state index contributed by atoms with van der Waals surface area (Å²) in [5, 5.41) is 14.7. The van der Waals surface area contributed by atoms with Crippen LogP contribution in [0.3, 0.4) is 0 Å². The lowest BCUT2D eigenvalue weighted by atomic mass is 10.1. The molecule has 25 heavy (non-hydrogen) atoms. The molecule has 3 aromatic rings. The number of rotatable bonds is 4. The smallest absolute Gasteiger partial charge is 0.227 e. The standard InChI is InChI=1S/C19H15N5O/c1-13(25)22-16-8-4-15(5-9-16)18-10-11-21-19(24-18)23-17-6-2-14(12-20)3-7-17/h2-11H,1H3,(H,22,25)(H,21,23,24). The zero-order chi connectivity index (χ0) is 17.6. The minimum Gasteiger partial charge on any atom is -0.326 e. The molecule has 0 saturated heterocycles. The fraction of sp³-hybridized carbons (Fsp3) is 0.0526. The Kier molecular flexibility index (Phi) is 4.67. The van der Waals surface area contributed by atoms with E-state index in [9.17, 15) is 4.79 Å². The molecule has 2 N–H and O–H groups in total. The molecule has 1 aromatic heterocycles. The third-order valence-corrected chi connectivity index (χ3v) is 3.43. The van der Waals surface area contributed by atoms with Gasteiger partial charge in [-0.15, -0.1) is 0 Å². The van der Waals surface area contributed by atoms with Crippen molar-refractivity contribution in [3.8, 4) is 17.3 Å². The lowest BCUT2D eigenvalue weighted by Gasteiger charge is -2.07. The Morgan fingerprint density at radius 3 is 2.32 bits per heavy atom. The first kappa shape index (κ1) is 16.1. The average Bonchev–Trinajstić information content (AvgIpc) is 2.63. The van der Waals surface area contributed by atoms with Gasteiger partial charge in [0.2, 0.25) is 11.9 Å². The predicted molar refractivity (Wildman–Crippen MR) is 96.2 cm³/mol. The van der Waals surface area contributed by atoms with Crippen molar-refractivity contribution >= 4 is 23.2 Å². The molecule has 0 radical (unpaired) electrons. The van der Waals surface area contributed by atoms with Crippen LogP contribution in [0.15, 0.2) is 60.8 Å². The first-order valence-corrected chi connectivity index (χ1v) is 7.62. The molecule has 3 rings (SSSR count). The monoisotopic (exact) mass is 329 g/mol. The van der Waals surface area contributed by atoms with Gasteiger partial charge in [0, 0.05) is 30.1 Å². The van der Waals surface area contributed by atoms with Gasteiger partial charge in [-0.3, -0.25) is 4.79 Å². The number of aromatic nitrogens is 2. The van der Waals surface area contributed by atoms with Crippen LogP contribution in [-0.2, 0) is 4.79 Å². The van der Waals surface area contributed by atoms with Crippen molar-refractivity contribution in [2.45, 2.75) is 6.92 Å². The van der Waals surface area contributed by atoms with Crippen LogP contribution in [-0.4, -0.2) is 15.9 Å². The van der Waals surface area contributed by atoms with Crippen molar-refractivity contribution in [1.29, 1.82) is 5.26 Å². The number of nitrogens with one attached hydrogen (secondary N) is 2. The van der Waals surface area contributed by atoms with Gasteiger partial charge in [0.15, 0.2) is 0 Å². The Bertz CT molecular complexity index is 927. The lowest BCUT2D eigenvalue weighted by molar-refractivity contribution is -0.114. The molecule has 1 heterocycles. The first-order valence-electron chi connectivity index (χ1n) is 7.62. The molecule has 6 heteroatoms. The number of carbonyl (C=O) groups is 1. The Morgan fingerprint density at radius 2 is 1.68 bits per heavy atom. The van der Waals surface area contributed by atoms with Crippen LogP contribution in [0.25, 0.3) is 11.3 Å². The molecule has 0 aliphatic heterocycles. The number of hydrogen-bond donors (Lipinski definition) is 2. The summed E-state index contributed by atoms with van der Waals surface area (Å²) in [7, 11) is 0. The summed E-state index contributed by atoms with van der Waals surface area (Å²) in [6.07, 6.45) is 1.68. The normalized spacial score (nSPS) is 9.92. The molecular weight excluding hydrogens is 314 g/mol. The van der Waals surface area contributed by atoms with Crippen molar-refractivity contribution < 1.29 is 4.79 Å². The van der Waals surface area contributed by atoms with Crippen LogP contribution in [0, 0.1) is 11.3 Å². The van der Waals surface area contributed by atoms with Crippen molar-refractivity contribution in [2.75, 3.05) is 10.6 Å². The zero-order valence-electron chi connectivity index (χ0n) is 13.5. The van der Waals surface area contributed by atoms with E-state index < -0.39 is 0 Å². The second-order valence-corrected chi connectivity index (χ2v) is 5.34. The molecule has 0 bridgehead atoms. The van der Waals surface area contributed by atoms with E-state index in [0.29, 0.717) is 11.5 Å². The molecule has 0 spiro atoms. The first-order chi connectivity index (χ1) is 12.1. The van der Waals surface area contributed by atoms with Gasteiger partial charge in [-0.25, -0.2) is 9.97 Å². The predicted octanol–water partition coefficient (Wildman–Crippen LogP) is 3.72. The van der Waals surface area contributed by atoms with Crippen LogP contribution >= 0.6 is 0 Å². The second kappa shape index (κ2) is 7.23. The molecule has 122 valence electrons. The lowest BCUT2D eigenvalue weighted by Crippen LogP contribution is -2.05. The molecule has 0 aliphatic rings. The fourth-order valence-electron chi connectivity index (χ4n) is 2.26. The summed E-state index contributed by atoms with van der Waals surface area (Å²) in [5.41, 5.74) is 3.82. The van der Waals surface area contributed by atoms with E-state index in [4.69, 9.17) is 5.26 Å². The van der Waals surface area contributed by atoms with Crippen molar-refractivity contribution in [2.24, 2.45) is 0 Å². The molecular formula is C19H15N5O. The maximum Gasteiger partial charge on any atom is 0.227 e. The Balaban J connectivity index is 1.78. The minimum absolute atomic E-state index is 0.108. The van der Waals surface area contributed by atoms with Crippen LogP contribution in [0.1, 0.15) is 12.5 Å². The molecule has 0 unspecified atom stereocenters. The molecule has 1 amide bonds. The maximum absolute atomic E-state index is 11.1. The third-order valence-electron chi connectivity index (χ3n) is 3.43. The van der Waals surface area contributed by atoms with E-state index in [0.717, 1.165) is 22.6 Å². The van der Waals surface area contributed by atoms with Gasteiger partial charge in [0.25, 0.3) is 0 Å². The number of nitrogens with zero attached hydrogens (tertiary/aromatic N) is 3. The van der Waals surface area contributed by atoms with Gasteiger partial charge in [-0.1, -0.05) is 12.1 Å². The third kappa shape index (κ3) is 4.18. The quantitative estimate of drug-likeness (QED) is 0.761. The van der Waals surface area contributed by atoms with Crippen LogP contribution in [0.4, 0.5) is 17.3 Å². The van der Waals surface area contributed by atoms with Crippen molar-refractivity contribution in [1.82, 2.24) is 9.97 Å². The summed E-state index contributed by atoms with van der Waals surface area (Å²) < 4.78 is 0. The Hall–Kier alpha value is -3.72. The largest absolute Gasteiger partial charge is 0.326 e. The van der Waals surface area contributed by atoms with E-state index in [1.807, 2.05) is 30.3 Å². The number of benzene rings is 2. The number of anilines is 3. The summed E-state index contributed by atoms with van der Waals surface area (Å²) in [6, 6.07) is 18.4. The van der Waals surface area contributed by atoms with Gasteiger partial charge in [0.05, 0.1) is 17.3 Å². The minimum atomic E-state index is -0.108. The van der Waals surface area contributed by atoms with Gasteiger partial charge < -0.3 is 10.6 Å². The maximum atomic E-state index is 11.1. The second-order valence-electron chi connectivity index (χ2n) is 5.34. The number of hydrogen-bond acceptors (Lipinski definition) is 5. The van der Waals surface area contributed by atoms with E-state index in [-0.39, 0.29) is 5.91 Å². The molecule has 0 aliphatic carbocycles. The summed E-state index contributed by atoms with van der Waals surface area (Å²) in [4.78, 5) is 19.8. The average molecular weight is 329 g/mol. The highest BCUT2D eigenvalue weighted by Crippen LogP contribution is 2.21. The highest BCUT2D eigenvalue weighted by atomic mass is 16.1. The molecule has 6 nitrogen and oxygen atoms in total. The number of amides is 1. The zero-order valence-corrected chi connectivity index (χ0v) is 13.5. The van der Waals surface area contributed by atoms with E-state index in [1.54, 1.807) is 30.5 Å². The molecule has 2 aromatic carbocycles. The van der Waals surface area contributed by atoms with Crippen LogP contribution in [0.2, 0.25) is 0 Å². The van der Waals surface area contributed by atoms with Gasteiger partial charge in [-0.2, -0.15) is 5.26 Å². The number of carbonyl (C=O) groups excluding carboxylic acids is 1. The summed E-state index contributed by atoms with van der Waals surface area (Å²) in [5.74, 6) is 0.358. The topological polar surface area (TPSA) is 90.7 Å². The van der Waals surface area contributed by atoms with Gasteiger partial charge in [-0.05, 0) is 42.5 Å². The Morgan fingerprint density at radius 1 is 1.00 bits per heavy atom. The van der Waals surface area contributed by atoms with E-state index in [1.165, 1.54) is 6.92 Å². The number of nitriles is 1. The molecule has 0 saturated carbocycles. The van der Waals surface area contributed by atoms with E-state index in [2.05, 4.69) is 26.7 Å². The van der Waals surface area contributed by atoms with Crippen molar-refractivity contribution in [3.05, 3.63) is 66.4 Å². The van der Waals surface area contributed by atoms with Crippen LogP contribution in [0.5, 0.6) is 0 Å². The van der Waals surface area contributed by atoms with Gasteiger partial charge in [0.1, 0.15) is 0 Å². The van der Waals surface area contributed by atoms with E-state index >= 15 is 0 Å². The highest BCUT2D eigenvalue weighted by Gasteiger charge is 2.04. The fourth-order valence-corrected chi connectivity index (χ4v) is 2.26. The van der Waals surface area contributed by atoms with Crippen molar-refractivity contribution in [3.63, 3.8) is 0 Å². The summed E-state index contributed by atoms with van der Waals surface area (Å²) in [6.45, 7) is 1.47. The van der Waals surface area contributed by atoms with Crippen LogP contribution < -0.4 is 10.6 Å². The SMILES string of the molecule is CC(=O)Nc1ccc(-c2ccnc(Nc3ccc(C#N)cc3)n2)cc1. The summed E-state index contributed by atoms with van der Waals surface area (Å²) >= 11 is 0. The van der Waals surface area contributed by atoms with Gasteiger partial charge >= 0.3 is 0 Å². The molecule has 0 fully saturated rings. The molecule has 0 atom stereocenters. The highest BCUT2D eigenvalue weighted by molar-refractivity contribution is 5.88. The Labute approximate surface area is 145 Å².